The molecule has 0 saturated heterocycles. The number of para-hydroxylation sites is 1. The Morgan fingerprint density at radius 3 is 2.03 bits per heavy atom. The van der Waals surface area contributed by atoms with Crippen LogP contribution in [0.15, 0.2) is 71.6 Å². The molecule has 30 heavy (non-hydrogen) atoms. The number of carbonyl (C=O) groups is 1. The molecular formula is C21H15F3N2O3S. The van der Waals surface area contributed by atoms with Crippen molar-refractivity contribution in [1.82, 2.24) is 4.31 Å². The minimum atomic E-state index is -4.18. The van der Waals surface area contributed by atoms with Crippen LogP contribution in [-0.4, -0.2) is 18.8 Å². The number of amides is 2. The maximum Gasteiger partial charge on any atom is 0.339 e. The summed E-state index contributed by atoms with van der Waals surface area (Å²) in [4.78, 5) is 14.2. The Labute approximate surface area is 171 Å². The minimum absolute atomic E-state index is 0.108. The number of fused-ring (bicyclic) bond motifs is 1. The van der Waals surface area contributed by atoms with Crippen molar-refractivity contribution in [2.75, 3.05) is 4.90 Å². The van der Waals surface area contributed by atoms with Crippen LogP contribution in [0.3, 0.4) is 0 Å². The summed E-state index contributed by atoms with van der Waals surface area (Å²) in [5, 5.41) is 0. The number of rotatable bonds is 4. The van der Waals surface area contributed by atoms with Crippen LogP contribution in [0.1, 0.15) is 11.1 Å². The molecule has 1 aliphatic heterocycles. The van der Waals surface area contributed by atoms with E-state index in [1.165, 1.54) is 30.3 Å². The van der Waals surface area contributed by atoms with E-state index in [-0.39, 0.29) is 29.2 Å². The quantitative estimate of drug-likeness (QED) is 0.613. The van der Waals surface area contributed by atoms with Gasteiger partial charge in [0.25, 0.3) is 10.0 Å². The summed E-state index contributed by atoms with van der Waals surface area (Å²) in [6.07, 6.45) is 0. The maximum atomic E-state index is 13.6. The van der Waals surface area contributed by atoms with Gasteiger partial charge in [0.05, 0.1) is 18.8 Å². The summed E-state index contributed by atoms with van der Waals surface area (Å²) in [5.41, 5.74) is 0.684. The molecule has 0 saturated carbocycles. The Morgan fingerprint density at radius 1 is 0.733 bits per heavy atom. The molecule has 1 aliphatic rings. The highest BCUT2D eigenvalue weighted by Gasteiger charge is 2.41. The molecule has 3 aromatic rings. The smallest absolute Gasteiger partial charge is 0.288 e. The summed E-state index contributed by atoms with van der Waals surface area (Å²) < 4.78 is 67.2. The SMILES string of the molecule is O=C1N(Cc2cc(F)cc(F)c2)c2ccccc2S(=O)(=O)N1Cc1ccc(F)cc1. The van der Waals surface area contributed by atoms with E-state index in [4.69, 9.17) is 0 Å². The number of halogens is 3. The molecule has 0 bridgehead atoms. The first-order valence-electron chi connectivity index (χ1n) is 8.88. The average molecular weight is 432 g/mol. The molecule has 154 valence electrons. The largest absolute Gasteiger partial charge is 0.339 e. The van der Waals surface area contributed by atoms with Gasteiger partial charge >= 0.3 is 6.03 Å². The Bertz CT molecular complexity index is 1210. The summed E-state index contributed by atoms with van der Waals surface area (Å²) in [5.74, 6) is -2.11. The van der Waals surface area contributed by atoms with Gasteiger partial charge in [0.1, 0.15) is 22.3 Å². The number of sulfonamides is 1. The van der Waals surface area contributed by atoms with Crippen LogP contribution < -0.4 is 4.90 Å². The molecule has 1 heterocycles. The van der Waals surface area contributed by atoms with Crippen LogP contribution in [0.2, 0.25) is 0 Å². The third-order valence-electron chi connectivity index (χ3n) is 4.67. The van der Waals surface area contributed by atoms with Gasteiger partial charge in [0.15, 0.2) is 0 Å². The topological polar surface area (TPSA) is 57.7 Å². The van der Waals surface area contributed by atoms with Gasteiger partial charge in [0, 0.05) is 6.07 Å². The van der Waals surface area contributed by atoms with Crippen molar-refractivity contribution in [2.45, 2.75) is 18.0 Å². The fourth-order valence-corrected chi connectivity index (χ4v) is 4.86. The lowest BCUT2D eigenvalue weighted by Gasteiger charge is -2.36. The zero-order valence-corrected chi connectivity index (χ0v) is 16.2. The molecule has 9 heteroatoms. The van der Waals surface area contributed by atoms with Gasteiger partial charge in [-0.1, -0.05) is 24.3 Å². The van der Waals surface area contributed by atoms with Gasteiger partial charge in [0.2, 0.25) is 0 Å². The van der Waals surface area contributed by atoms with Crippen molar-refractivity contribution in [2.24, 2.45) is 0 Å². The third-order valence-corrected chi connectivity index (χ3v) is 6.44. The molecule has 0 aliphatic carbocycles. The summed E-state index contributed by atoms with van der Waals surface area (Å²) >= 11 is 0. The summed E-state index contributed by atoms with van der Waals surface area (Å²) in [6.45, 7) is -0.552. The first-order chi connectivity index (χ1) is 14.3. The molecule has 0 atom stereocenters. The maximum absolute atomic E-state index is 13.6. The molecule has 2 amide bonds. The highest BCUT2D eigenvalue weighted by Crippen LogP contribution is 2.36. The number of carbonyl (C=O) groups excluding carboxylic acids is 1. The number of hydrogen-bond donors (Lipinski definition) is 0. The van der Waals surface area contributed by atoms with Gasteiger partial charge in [-0.15, -0.1) is 0 Å². The van der Waals surface area contributed by atoms with Crippen molar-refractivity contribution in [3.63, 3.8) is 0 Å². The first kappa shape index (κ1) is 20.0. The third kappa shape index (κ3) is 3.63. The average Bonchev–Trinajstić information content (AvgIpc) is 2.69. The molecular weight excluding hydrogens is 417 g/mol. The van der Waals surface area contributed by atoms with E-state index in [2.05, 4.69) is 0 Å². The minimum Gasteiger partial charge on any atom is -0.288 e. The van der Waals surface area contributed by atoms with Crippen molar-refractivity contribution in [3.05, 3.63) is 95.3 Å². The van der Waals surface area contributed by atoms with Crippen LogP contribution in [0.4, 0.5) is 23.7 Å². The predicted molar refractivity (Wildman–Crippen MR) is 104 cm³/mol. The molecule has 0 fully saturated rings. The lowest BCUT2D eigenvalue weighted by molar-refractivity contribution is 0.226. The van der Waals surface area contributed by atoms with E-state index in [0.29, 0.717) is 15.9 Å². The normalized spacial score (nSPS) is 15.2. The number of hydrogen-bond acceptors (Lipinski definition) is 3. The Hall–Kier alpha value is -3.33. The van der Waals surface area contributed by atoms with E-state index in [1.807, 2.05) is 0 Å². The number of urea groups is 1. The number of benzene rings is 3. The molecule has 0 aromatic heterocycles. The number of anilines is 1. The Morgan fingerprint density at radius 2 is 1.37 bits per heavy atom. The molecule has 0 spiro atoms. The van der Waals surface area contributed by atoms with Crippen LogP contribution in [0, 0.1) is 17.5 Å². The first-order valence-corrected chi connectivity index (χ1v) is 10.3. The van der Waals surface area contributed by atoms with E-state index < -0.39 is 33.5 Å². The molecule has 0 unspecified atom stereocenters. The summed E-state index contributed by atoms with van der Waals surface area (Å²) in [7, 11) is -4.18. The van der Waals surface area contributed by atoms with Gasteiger partial charge in [-0.2, -0.15) is 0 Å². The predicted octanol–water partition coefficient (Wildman–Crippen LogP) is 4.44. The second kappa shape index (κ2) is 7.49. The lowest BCUT2D eigenvalue weighted by atomic mass is 10.2. The Kier molecular flexibility index (Phi) is 4.98. The summed E-state index contributed by atoms with van der Waals surface area (Å²) in [6, 6.07) is 13.0. The second-order valence-electron chi connectivity index (χ2n) is 6.75. The van der Waals surface area contributed by atoms with Crippen LogP contribution >= 0.6 is 0 Å². The van der Waals surface area contributed by atoms with Crippen molar-refractivity contribution >= 4 is 21.7 Å². The van der Waals surface area contributed by atoms with E-state index >= 15 is 0 Å². The fraction of sp³-hybridized carbons (Fsp3) is 0.0952. The standard InChI is InChI=1S/C21H15F3N2O3S/c22-16-7-5-14(6-8-16)13-26-21(27)25(12-15-9-17(23)11-18(24)10-15)19-3-1-2-4-20(19)30(26,28)29/h1-11H,12-13H2. The zero-order valence-electron chi connectivity index (χ0n) is 15.4. The fourth-order valence-electron chi connectivity index (χ4n) is 3.30. The van der Waals surface area contributed by atoms with Crippen molar-refractivity contribution < 1.29 is 26.4 Å². The zero-order chi connectivity index (χ0) is 21.5. The van der Waals surface area contributed by atoms with Crippen LogP contribution in [0.5, 0.6) is 0 Å². The molecule has 0 N–H and O–H groups in total. The van der Waals surface area contributed by atoms with Crippen LogP contribution in [-0.2, 0) is 23.1 Å². The Balaban J connectivity index is 1.77. The second-order valence-corrected chi connectivity index (χ2v) is 8.58. The highest BCUT2D eigenvalue weighted by molar-refractivity contribution is 7.90. The van der Waals surface area contributed by atoms with Crippen LogP contribution in [0.25, 0.3) is 0 Å². The van der Waals surface area contributed by atoms with E-state index in [0.717, 1.165) is 29.2 Å². The van der Waals surface area contributed by atoms with E-state index in [9.17, 15) is 26.4 Å². The number of nitrogens with zero attached hydrogens (tertiary/aromatic N) is 2. The molecule has 3 aromatic carbocycles. The molecule has 5 nitrogen and oxygen atoms in total. The van der Waals surface area contributed by atoms with Gasteiger partial charge < -0.3 is 0 Å². The van der Waals surface area contributed by atoms with Gasteiger partial charge in [-0.25, -0.2) is 30.7 Å². The molecule has 0 radical (unpaired) electrons. The van der Waals surface area contributed by atoms with Gasteiger partial charge in [-0.05, 0) is 47.5 Å². The van der Waals surface area contributed by atoms with Gasteiger partial charge in [-0.3, -0.25) is 4.90 Å². The monoisotopic (exact) mass is 432 g/mol. The lowest BCUT2D eigenvalue weighted by Crippen LogP contribution is -2.49. The van der Waals surface area contributed by atoms with Crippen molar-refractivity contribution in [1.29, 1.82) is 0 Å². The van der Waals surface area contributed by atoms with E-state index in [1.54, 1.807) is 6.07 Å². The van der Waals surface area contributed by atoms with Crippen molar-refractivity contribution in [3.8, 4) is 0 Å². The highest BCUT2D eigenvalue weighted by atomic mass is 32.2. The molecule has 4 rings (SSSR count).